The number of nitrogens with one attached hydrogen (secondary N) is 1. The van der Waals surface area contributed by atoms with Crippen LogP contribution >= 0.6 is 22.9 Å². The lowest BCUT2D eigenvalue weighted by molar-refractivity contribution is -0.114. The van der Waals surface area contributed by atoms with Crippen LogP contribution in [0.4, 0.5) is 5.00 Å². The van der Waals surface area contributed by atoms with Gasteiger partial charge in [-0.1, -0.05) is 42.8 Å². The van der Waals surface area contributed by atoms with E-state index in [9.17, 15) is 14.7 Å². The van der Waals surface area contributed by atoms with Crippen LogP contribution in [0.15, 0.2) is 59.6 Å². The molecule has 29 heavy (non-hydrogen) atoms. The molecule has 7 heteroatoms. The Hall–Kier alpha value is -2.96. The molecule has 148 valence electrons. The normalized spacial score (nSPS) is 11.0. The summed E-state index contributed by atoms with van der Waals surface area (Å²) in [7, 11) is 0. The maximum atomic E-state index is 12.9. The highest BCUT2D eigenvalue weighted by Gasteiger charge is 2.20. The monoisotopic (exact) mass is 426 g/mol. The smallest absolute Gasteiger partial charge is 0.246 e. The summed E-state index contributed by atoms with van der Waals surface area (Å²) in [6.45, 7) is 1.85. The van der Waals surface area contributed by atoms with Crippen molar-refractivity contribution >= 4 is 45.8 Å². The van der Waals surface area contributed by atoms with Crippen LogP contribution < -0.4 is 5.32 Å². The minimum atomic E-state index is -0.352. The van der Waals surface area contributed by atoms with Gasteiger partial charge in [0.1, 0.15) is 17.3 Å². The van der Waals surface area contributed by atoms with Gasteiger partial charge in [-0.3, -0.25) is 14.6 Å². The Morgan fingerprint density at radius 2 is 1.86 bits per heavy atom. The molecule has 0 radical (unpaired) electrons. The van der Waals surface area contributed by atoms with Gasteiger partial charge in [-0.15, -0.1) is 11.3 Å². The number of halogens is 1. The molecule has 5 nitrogen and oxygen atoms in total. The maximum Gasteiger partial charge on any atom is 0.246 e. The van der Waals surface area contributed by atoms with E-state index in [-0.39, 0.29) is 24.0 Å². The highest BCUT2D eigenvalue weighted by atomic mass is 35.5. The molecule has 0 aliphatic carbocycles. The predicted molar refractivity (Wildman–Crippen MR) is 118 cm³/mol. The van der Waals surface area contributed by atoms with E-state index in [4.69, 9.17) is 11.6 Å². The van der Waals surface area contributed by atoms with Gasteiger partial charge in [0.25, 0.3) is 0 Å². The number of rotatable bonds is 7. The predicted octanol–water partition coefficient (Wildman–Crippen LogP) is 4.96. The van der Waals surface area contributed by atoms with Crippen LogP contribution in [-0.4, -0.2) is 29.6 Å². The number of phenols is 1. The Balaban J connectivity index is 1.76. The number of nitrogens with zero attached hydrogens (tertiary/aromatic N) is 1. The number of hydrogen-bond acceptors (Lipinski definition) is 5. The van der Waals surface area contributed by atoms with Crippen molar-refractivity contribution in [3.63, 3.8) is 0 Å². The van der Waals surface area contributed by atoms with E-state index in [2.05, 4.69) is 10.3 Å². The number of aromatic hydroxyl groups is 1. The molecule has 0 unspecified atom stereocenters. The average Bonchev–Trinajstić information content (AvgIpc) is 3.12. The number of aliphatic imine (C=N–C) groups is 1. The Kier molecular flexibility index (Phi) is 6.80. The lowest BCUT2D eigenvalue weighted by Crippen LogP contribution is -2.16. The number of amides is 1. The van der Waals surface area contributed by atoms with E-state index in [0.29, 0.717) is 26.7 Å². The maximum absolute atomic E-state index is 12.9. The first-order chi connectivity index (χ1) is 14.0. The summed E-state index contributed by atoms with van der Waals surface area (Å²) < 4.78 is 0. The zero-order valence-electron chi connectivity index (χ0n) is 15.7. The number of carbonyl (C=O) groups is 2. The molecule has 2 aromatic carbocycles. The average molecular weight is 427 g/mol. The third kappa shape index (κ3) is 5.10. The number of carbonyl (C=O) groups excluding carboxylic acids is 2. The Bertz CT molecular complexity index is 1080. The number of ketones is 1. The van der Waals surface area contributed by atoms with E-state index < -0.39 is 0 Å². The second kappa shape index (κ2) is 9.49. The summed E-state index contributed by atoms with van der Waals surface area (Å²) in [6, 6.07) is 15.3. The van der Waals surface area contributed by atoms with E-state index in [0.717, 1.165) is 11.3 Å². The van der Waals surface area contributed by atoms with Crippen LogP contribution in [0.3, 0.4) is 0 Å². The van der Waals surface area contributed by atoms with Crippen molar-refractivity contribution in [3.05, 3.63) is 81.2 Å². The summed E-state index contributed by atoms with van der Waals surface area (Å²) in [5, 5.41) is 13.4. The van der Waals surface area contributed by atoms with Gasteiger partial charge < -0.3 is 10.4 Å². The molecule has 1 amide bonds. The van der Waals surface area contributed by atoms with Gasteiger partial charge in [-0.05, 0) is 36.8 Å². The second-order valence-electron chi connectivity index (χ2n) is 6.19. The van der Waals surface area contributed by atoms with Crippen LogP contribution in [0, 0.1) is 0 Å². The molecule has 1 heterocycles. The third-order valence-electron chi connectivity index (χ3n) is 4.15. The van der Waals surface area contributed by atoms with Crippen LogP contribution in [0.1, 0.15) is 33.3 Å². The molecule has 0 bridgehead atoms. The summed E-state index contributed by atoms with van der Waals surface area (Å²) in [5.41, 5.74) is 1.33. The molecule has 2 N–H and O–H groups in total. The molecule has 1 aromatic heterocycles. The van der Waals surface area contributed by atoms with Gasteiger partial charge in [0.15, 0.2) is 5.78 Å². The van der Waals surface area contributed by atoms with Crippen LogP contribution in [0.5, 0.6) is 5.75 Å². The van der Waals surface area contributed by atoms with Crippen molar-refractivity contribution in [1.82, 2.24) is 0 Å². The first kappa shape index (κ1) is 20.8. The Labute approximate surface area is 177 Å². The Morgan fingerprint density at radius 1 is 1.14 bits per heavy atom. The molecule has 0 aliphatic rings. The van der Waals surface area contributed by atoms with E-state index in [1.54, 1.807) is 54.6 Å². The number of thiophene rings is 1. The van der Waals surface area contributed by atoms with E-state index >= 15 is 0 Å². The molecule has 0 saturated carbocycles. The number of anilines is 1. The molecule has 0 aliphatic heterocycles. The lowest BCUT2D eigenvalue weighted by atomic mass is 10.0. The van der Waals surface area contributed by atoms with Crippen molar-refractivity contribution in [2.75, 3.05) is 11.9 Å². The van der Waals surface area contributed by atoms with Crippen molar-refractivity contribution < 1.29 is 14.7 Å². The van der Waals surface area contributed by atoms with Gasteiger partial charge in [-0.25, -0.2) is 0 Å². The Morgan fingerprint density at radius 3 is 2.59 bits per heavy atom. The van der Waals surface area contributed by atoms with Gasteiger partial charge in [0.2, 0.25) is 5.91 Å². The number of benzene rings is 2. The minimum absolute atomic E-state index is 0.0927. The van der Waals surface area contributed by atoms with Gasteiger partial charge in [0, 0.05) is 22.2 Å². The number of aryl methyl sites for hydroxylation is 1. The fraction of sp³-hybridized carbons (Fsp3) is 0.136. The van der Waals surface area contributed by atoms with Crippen LogP contribution in [0.2, 0.25) is 5.02 Å². The van der Waals surface area contributed by atoms with E-state index in [1.165, 1.54) is 17.6 Å². The van der Waals surface area contributed by atoms with Crippen molar-refractivity contribution in [3.8, 4) is 5.75 Å². The molecule has 0 spiro atoms. The molecule has 0 atom stereocenters. The molecular weight excluding hydrogens is 408 g/mol. The zero-order valence-corrected chi connectivity index (χ0v) is 17.3. The quantitative estimate of drug-likeness (QED) is 0.414. The second-order valence-corrected chi connectivity index (χ2v) is 7.74. The fourth-order valence-electron chi connectivity index (χ4n) is 2.66. The highest BCUT2D eigenvalue weighted by Crippen LogP contribution is 2.32. The van der Waals surface area contributed by atoms with Crippen molar-refractivity contribution in [1.29, 1.82) is 0 Å². The molecule has 0 saturated heterocycles. The number of para-hydroxylation sites is 1. The first-order valence-corrected chi connectivity index (χ1v) is 10.2. The highest BCUT2D eigenvalue weighted by molar-refractivity contribution is 7.16. The minimum Gasteiger partial charge on any atom is -0.507 e. The van der Waals surface area contributed by atoms with Crippen LogP contribution in [0.25, 0.3) is 0 Å². The first-order valence-electron chi connectivity index (χ1n) is 8.99. The molecule has 3 rings (SSSR count). The summed E-state index contributed by atoms with van der Waals surface area (Å²) in [4.78, 5) is 30.3. The summed E-state index contributed by atoms with van der Waals surface area (Å²) in [5.74, 6) is -0.496. The summed E-state index contributed by atoms with van der Waals surface area (Å²) >= 11 is 7.52. The molecule has 0 fully saturated rings. The molecule has 3 aromatic rings. The SMILES string of the molecule is CCc1cc(C(=O)c2ccccc2Cl)c(NC(=O)CN=Cc2ccccc2O)s1. The van der Waals surface area contributed by atoms with Crippen molar-refractivity contribution in [2.45, 2.75) is 13.3 Å². The van der Waals surface area contributed by atoms with Gasteiger partial charge in [-0.2, -0.15) is 0 Å². The third-order valence-corrected chi connectivity index (χ3v) is 5.67. The largest absolute Gasteiger partial charge is 0.507 e. The summed E-state index contributed by atoms with van der Waals surface area (Å²) in [6.07, 6.45) is 2.19. The fourth-order valence-corrected chi connectivity index (χ4v) is 3.89. The van der Waals surface area contributed by atoms with E-state index in [1.807, 2.05) is 6.92 Å². The number of hydrogen-bond donors (Lipinski definition) is 2. The topological polar surface area (TPSA) is 78.8 Å². The lowest BCUT2D eigenvalue weighted by Gasteiger charge is -2.06. The molecular formula is C22H19ClN2O3S. The standard InChI is InChI=1S/C22H19ClN2O3S/c1-2-15-11-17(21(28)16-8-4-5-9-18(16)23)22(29-15)25-20(27)13-24-12-14-7-3-6-10-19(14)26/h3-12,26H,2,13H2,1H3,(H,25,27). The van der Waals surface area contributed by atoms with Crippen LogP contribution in [-0.2, 0) is 11.2 Å². The van der Waals surface area contributed by atoms with Crippen molar-refractivity contribution in [2.24, 2.45) is 4.99 Å². The zero-order chi connectivity index (χ0) is 20.8. The number of phenolic OH excluding ortho intramolecular Hbond substituents is 1. The van der Waals surface area contributed by atoms with Gasteiger partial charge >= 0.3 is 0 Å². The van der Waals surface area contributed by atoms with Gasteiger partial charge in [0.05, 0.1) is 10.6 Å².